The quantitative estimate of drug-likeness (QED) is 0.215. The van der Waals surface area contributed by atoms with E-state index in [0.29, 0.717) is 0 Å². The summed E-state index contributed by atoms with van der Waals surface area (Å²) in [4.78, 5) is 0. The SMILES string of the molecule is c1ccc(-n2c3ccccc3c3c4ccn5c6ccc7c8ccccc8n(-c8ccccc8)c7c6c(cc32)c45)cc1. The molecule has 6 aromatic carbocycles. The average Bonchev–Trinajstić information content (AvgIpc) is 3.78. The number of fused-ring (bicyclic) bond motifs is 11. The third kappa shape index (κ3) is 2.59. The Morgan fingerprint density at radius 3 is 1.73 bits per heavy atom. The first-order chi connectivity index (χ1) is 20.4. The molecule has 0 aliphatic carbocycles. The van der Waals surface area contributed by atoms with Gasteiger partial charge in [0.05, 0.1) is 33.1 Å². The highest BCUT2D eigenvalue weighted by Gasteiger charge is 2.24. The van der Waals surface area contributed by atoms with E-state index in [9.17, 15) is 0 Å². The number of hydrogen-bond acceptors (Lipinski definition) is 0. The van der Waals surface area contributed by atoms with E-state index >= 15 is 0 Å². The van der Waals surface area contributed by atoms with Gasteiger partial charge in [0.2, 0.25) is 0 Å². The van der Waals surface area contributed by atoms with E-state index in [4.69, 9.17) is 0 Å². The van der Waals surface area contributed by atoms with Crippen LogP contribution in [0.5, 0.6) is 0 Å². The van der Waals surface area contributed by atoms with Gasteiger partial charge < -0.3 is 13.5 Å². The number of aromatic nitrogens is 3. The molecule has 4 aromatic heterocycles. The zero-order chi connectivity index (χ0) is 26.7. The zero-order valence-electron chi connectivity index (χ0n) is 22.1. The van der Waals surface area contributed by atoms with Gasteiger partial charge in [0, 0.05) is 55.3 Å². The summed E-state index contributed by atoms with van der Waals surface area (Å²) >= 11 is 0. The predicted octanol–water partition coefficient (Wildman–Crippen LogP) is 9.88. The lowest BCUT2D eigenvalue weighted by Crippen LogP contribution is -1.94. The smallest absolute Gasteiger partial charge is 0.0641 e. The summed E-state index contributed by atoms with van der Waals surface area (Å²) in [6, 6.07) is 48.5. The minimum absolute atomic E-state index is 1.18. The Labute approximate surface area is 235 Å². The molecule has 0 saturated carbocycles. The molecule has 0 bridgehead atoms. The summed E-state index contributed by atoms with van der Waals surface area (Å²) in [6.07, 6.45) is 2.26. The third-order valence-electron chi connectivity index (χ3n) is 8.98. The Bertz CT molecular complexity index is 2610. The van der Waals surface area contributed by atoms with Gasteiger partial charge in [-0.1, -0.05) is 78.9 Å². The predicted molar refractivity (Wildman–Crippen MR) is 172 cm³/mol. The number of nitrogens with zero attached hydrogens (tertiary/aromatic N) is 3. The van der Waals surface area contributed by atoms with Gasteiger partial charge in [0.1, 0.15) is 0 Å². The van der Waals surface area contributed by atoms with Crippen molar-refractivity contribution in [3.05, 3.63) is 140 Å². The Morgan fingerprint density at radius 1 is 0.341 bits per heavy atom. The highest BCUT2D eigenvalue weighted by molar-refractivity contribution is 6.33. The van der Waals surface area contributed by atoms with Crippen LogP contribution in [-0.4, -0.2) is 13.5 Å². The molecule has 41 heavy (non-hydrogen) atoms. The Morgan fingerprint density at radius 2 is 0.976 bits per heavy atom. The van der Waals surface area contributed by atoms with Crippen LogP contribution in [0.25, 0.3) is 82.2 Å². The van der Waals surface area contributed by atoms with Gasteiger partial charge in [-0.15, -0.1) is 0 Å². The Balaban J connectivity index is 1.49. The lowest BCUT2D eigenvalue weighted by atomic mass is 10.0. The van der Waals surface area contributed by atoms with Crippen LogP contribution in [0.15, 0.2) is 140 Å². The van der Waals surface area contributed by atoms with Crippen molar-refractivity contribution in [3.63, 3.8) is 0 Å². The average molecular weight is 522 g/mol. The number of benzene rings is 6. The van der Waals surface area contributed by atoms with Gasteiger partial charge in [0.25, 0.3) is 0 Å². The van der Waals surface area contributed by atoms with Crippen LogP contribution >= 0.6 is 0 Å². The normalized spacial score (nSPS) is 12.4. The van der Waals surface area contributed by atoms with E-state index in [1.807, 2.05) is 0 Å². The maximum absolute atomic E-state index is 2.46. The van der Waals surface area contributed by atoms with E-state index in [2.05, 4.69) is 153 Å². The second-order valence-corrected chi connectivity index (χ2v) is 11.0. The van der Waals surface area contributed by atoms with Crippen molar-refractivity contribution in [2.45, 2.75) is 0 Å². The van der Waals surface area contributed by atoms with Crippen LogP contribution in [0, 0.1) is 0 Å². The van der Waals surface area contributed by atoms with Crippen molar-refractivity contribution >= 4 is 70.8 Å². The number of para-hydroxylation sites is 4. The molecular formula is C38H23N3. The first-order valence-electron chi connectivity index (χ1n) is 14.1. The summed E-state index contributed by atoms with van der Waals surface area (Å²) in [5.41, 5.74) is 9.86. The van der Waals surface area contributed by atoms with Crippen LogP contribution < -0.4 is 0 Å². The van der Waals surface area contributed by atoms with Gasteiger partial charge in [-0.05, 0) is 54.6 Å². The van der Waals surface area contributed by atoms with Gasteiger partial charge in [-0.3, -0.25) is 0 Å². The molecule has 3 nitrogen and oxygen atoms in total. The first kappa shape index (κ1) is 21.3. The van der Waals surface area contributed by atoms with Crippen molar-refractivity contribution in [2.24, 2.45) is 0 Å². The maximum Gasteiger partial charge on any atom is 0.0641 e. The van der Waals surface area contributed by atoms with Crippen LogP contribution in [0.3, 0.4) is 0 Å². The molecule has 0 aliphatic rings. The van der Waals surface area contributed by atoms with E-state index in [1.165, 1.54) is 82.2 Å². The van der Waals surface area contributed by atoms with Crippen LogP contribution in [0.1, 0.15) is 0 Å². The molecule has 0 unspecified atom stereocenters. The van der Waals surface area contributed by atoms with Gasteiger partial charge in [-0.2, -0.15) is 0 Å². The summed E-state index contributed by atoms with van der Waals surface area (Å²) in [5.74, 6) is 0. The molecule has 0 fully saturated rings. The second-order valence-electron chi connectivity index (χ2n) is 11.0. The van der Waals surface area contributed by atoms with Crippen LogP contribution in [-0.2, 0) is 0 Å². The molecule has 0 N–H and O–H groups in total. The molecule has 10 rings (SSSR count). The second kappa shape index (κ2) is 7.56. The van der Waals surface area contributed by atoms with E-state index < -0.39 is 0 Å². The van der Waals surface area contributed by atoms with Gasteiger partial charge in [0.15, 0.2) is 0 Å². The van der Waals surface area contributed by atoms with E-state index in [-0.39, 0.29) is 0 Å². The van der Waals surface area contributed by atoms with E-state index in [0.717, 1.165) is 0 Å². The van der Waals surface area contributed by atoms with Crippen molar-refractivity contribution in [3.8, 4) is 11.4 Å². The molecule has 0 spiro atoms. The lowest BCUT2D eigenvalue weighted by molar-refractivity contribution is 1.18. The fourth-order valence-electron chi connectivity index (χ4n) is 7.40. The van der Waals surface area contributed by atoms with Gasteiger partial charge >= 0.3 is 0 Å². The van der Waals surface area contributed by atoms with Crippen molar-refractivity contribution < 1.29 is 0 Å². The molecule has 0 aliphatic heterocycles. The molecule has 10 aromatic rings. The minimum atomic E-state index is 1.18. The first-order valence-corrected chi connectivity index (χ1v) is 14.1. The summed E-state index contributed by atoms with van der Waals surface area (Å²) in [7, 11) is 0. The molecule has 0 atom stereocenters. The molecular weight excluding hydrogens is 498 g/mol. The summed E-state index contributed by atoms with van der Waals surface area (Å²) in [6.45, 7) is 0. The molecule has 3 heteroatoms. The Kier molecular flexibility index (Phi) is 3.93. The van der Waals surface area contributed by atoms with Crippen molar-refractivity contribution in [1.29, 1.82) is 0 Å². The topological polar surface area (TPSA) is 14.3 Å². The van der Waals surface area contributed by atoms with Crippen LogP contribution in [0.2, 0.25) is 0 Å². The van der Waals surface area contributed by atoms with Crippen molar-refractivity contribution in [1.82, 2.24) is 13.5 Å². The fourth-order valence-corrected chi connectivity index (χ4v) is 7.40. The third-order valence-corrected chi connectivity index (χ3v) is 8.98. The molecule has 190 valence electrons. The summed E-state index contributed by atoms with van der Waals surface area (Å²) < 4.78 is 7.29. The fraction of sp³-hybridized carbons (Fsp3) is 0. The van der Waals surface area contributed by atoms with Crippen LogP contribution in [0.4, 0.5) is 0 Å². The largest absolute Gasteiger partial charge is 0.315 e. The monoisotopic (exact) mass is 521 g/mol. The molecule has 0 radical (unpaired) electrons. The molecule has 4 heterocycles. The molecule has 0 amide bonds. The highest BCUT2D eigenvalue weighted by Crippen LogP contribution is 2.46. The summed E-state index contributed by atoms with van der Waals surface area (Å²) in [5, 5.41) is 9.06. The standard InChI is InChI=1S/C38H23N3/c1-3-11-24(12-4-1)40-32-18-10-8-16-28(32)35-29-21-22-39-33-20-19-27-26-15-7-9-17-31(26)41(25-13-5-2-6-14-25)38(27)36(33)30(37(29)39)23-34(35)40/h1-23H. The number of rotatable bonds is 2. The zero-order valence-corrected chi connectivity index (χ0v) is 22.1. The van der Waals surface area contributed by atoms with Crippen molar-refractivity contribution in [2.75, 3.05) is 0 Å². The van der Waals surface area contributed by atoms with E-state index in [1.54, 1.807) is 0 Å². The molecule has 0 saturated heterocycles. The lowest BCUT2D eigenvalue weighted by Gasteiger charge is -2.09. The highest BCUT2D eigenvalue weighted by atomic mass is 15.0. The Hall–Kier alpha value is -5.54. The number of hydrogen-bond donors (Lipinski definition) is 0. The minimum Gasteiger partial charge on any atom is -0.315 e. The van der Waals surface area contributed by atoms with Gasteiger partial charge in [-0.25, -0.2) is 0 Å². The maximum atomic E-state index is 2.46.